The minimum atomic E-state index is -0.887. The number of amides is 2. The number of nitrogens with zero attached hydrogens (tertiary/aromatic N) is 2. The summed E-state index contributed by atoms with van der Waals surface area (Å²) in [4.78, 5) is 46.5. The zero-order chi connectivity index (χ0) is 18.0. The van der Waals surface area contributed by atoms with Crippen molar-refractivity contribution in [2.45, 2.75) is 18.9 Å². The average Bonchev–Trinajstić information content (AvgIpc) is 3.30. The van der Waals surface area contributed by atoms with Gasteiger partial charge in [-0.15, -0.1) is 0 Å². The van der Waals surface area contributed by atoms with E-state index in [2.05, 4.69) is 10.1 Å². The lowest BCUT2D eigenvalue weighted by Gasteiger charge is -2.11. The molecular weight excluding hydrogens is 334 g/mol. The number of benzene rings is 1. The summed E-state index contributed by atoms with van der Waals surface area (Å²) < 4.78 is 9.45. The summed E-state index contributed by atoms with van der Waals surface area (Å²) in [5, 5.41) is 14.2. The predicted molar refractivity (Wildman–Crippen MR) is 83.1 cm³/mol. The van der Waals surface area contributed by atoms with E-state index in [1.807, 2.05) is 0 Å². The van der Waals surface area contributed by atoms with Crippen LogP contribution >= 0.6 is 0 Å². The number of carbonyl (C=O) groups excluding carboxylic acids is 3. The Bertz CT molecular complexity index is 745. The number of nitrogens with one attached hydrogen (secondary N) is 1. The van der Waals surface area contributed by atoms with Crippen LogP contribution in [0.15, 0.2) is 18.2 Å². The van der Waals surface area contributed by atoms with Gasteiger partial charge in [-0.05, 0) is 25.0 Å². The van der Waals surface area contributed by atoms with Crippen molar-refractivity contribution in [3.63, 3.8) is 0 Å². The van der Waals surface area contributed by atoms with Gasteiger partial charge in [-0.2, -0.15) is 0 Å². The summed E-state index contributed by atoms with van der Waals surface area (Å²) in [5.41, 5.74) is 0.0422. The topological polar surface area (TPSA) is 128 Å². The molecule has 1 aliphatic carbocycles. The molecule has 2 amide bonds. The maximum Gasteiger partial charge on any atom is 0.416 e. The van der Waals surface area contributed by atoms with Crippen molar-refractivity contribution in [3.05, 3.63) is 33.9 Å². The molecule has 0 spiro atoms. The molecule has 10 nitrogen and oxygen atoms in total. The second kappa shape index (κ2) is 6.75. The van der Waals surface area contributed by atoms with Crippen LogP contribution in [0, 0.1) is 10.1 Å². The molecule has 1 aromatic rings. The summed E-state index contributed by atoms with van der Waals surface area (Å²) in [6.07, 6.45) is 1.11. The van der Waals surface area contributed by atoms with Gasteiger partial charge in [0.1, 0.15) is 12.3 Å². The zero-order valence-electron chi connectivity index (χ0n) is 13.1. The van der Waals surface area contributed by atoms with Crippen LogP contribution in [-0.4, -0.2) is 53.6 Å². The number of carbonyl (C=O) groups is 3. The fraction of sp³-hybridized carbons (Fsp3) is 0.400. The van der Waals surface area contributed by atoms with Crippen molar-refractivity contribution in [2.24, 2.45) is 0 Å². The Hall–Kier alpha value is -3.17. The molecule has 0 unspecified atom stereocenters. The van der Waals surface area contributed by atoms with Gasteiger partial charge in [0.25, 0.3) is 11.6 Å². The number of hydrogen-bond donors (Lipinski definition) is 1. The number of nitro benzene ring substituents is 1. The molecule has 1 saturated carbocycles. The molecule has 10 heteroatoms. The third-order valence-corrected chi connectivity index (χ3v) is 3.76. The maximum absolute atomic E-state index is 12.0. The van der Waals surface area contributed by atoms with Gasteiger partial charge in [-0.25, -0.2) is 14.5 Å². The van der Waals surface area contributed by atoms with E-state index in [1.165, 1.54) is 12.1 Å². The molecule has 1 heterocycles. The number of cyclic esters (lactones) is 1. The van der Waals surface area contributed by atoms with Gasteiger partial charge in [0.15, 0.2) is 6.61 Å². The van der Waals surface area contributed by atoms with E-state index in [0.717, 1.165) is 23.8 Å². The van der Waals surface area contributed by atoms with Gasteiger partial charge in [-0.3, -0.25) is 14.9 Å². The van der Waals surface area contributed by atoms with Gasteiger partial charge < -0.3 is 14.8 Å². The Morgan fingerprint density at radius 3 is 2.76 bits per heavy atom. The smallest absolute Gasteiger partial charge is 0.416 e. The van der Waals surface area contributed by atoms with E-state index in [-0.39, 0.29) is 30.4 Å². The fourth-order valence-corrected chi connectivity index (χ4v) is 2.29. The lowest BCUT2D eigenvalue weighted by Crippen LogP contribution is -2.35. The van der Waals surface area contributed by atoms with Crippen LogP contribution in [0.1, 0.15) is 23.2 Å². The Morgan fingerprint density at radius 1 is 1.40 bits per heavy atom. The highest BCUT2D eigenvalue weighted by molar-refractivity contribution is 5.96. The first-order valence-electron chi connectivity index (χ1n) is 7.65. The first-order chi connectivity index (χ1) is 12.0. The van der Waals surface area contributed by atoms with Crippen molar-refractivity contribution < 1.29 is 28.8 Å². The molecule has 1 N–H and O–H groups in total. The summed E-state index contributed by atoms with van der Waals surface area (Å²) in [6, 6.07) is 4.14. The fourth-order valence-electron chi connectivity index (χ4n) is 2.29. The quantitative estimate of drug-likeness (QED) is 0.462. The van der Waals surface area contributed by atoms with Crippen LogP contribution in [0.2, 0.25) is 0 Å². The first-order valence-corrected chi connectivity index (χ1v) is 7.65. The lowest BCUT2D eigenvalue weighted by atomic mass is 10.1. The molecule has 25 heavy (non-hydrogen) atoms. The van der Waals surface area contributed by atoms with Gasteiger partial charge >= 0.3 is 12.1 Å². The molecule has 0 radical (unpaired) electrons. The third kappa shape index (κ3) is 3.84. The Kier molecular flexibility index (Phi) is 4.50. The molecule has 1 aliphatic heterocycles. The van der Waals surface area contributed by atoms with Gasteiger partial charge in [0.05, 0.1) is 17.0 Å². The van der Waals surface area contributed by atoms with Crippen molar-refractivity contribution in [1.29, 1.82) is 0 Å². The molecule has 2 fully saturated rings. The van der Waals surface area contributed by atoms with E-state index in [0.29, 0.717) is 5.69 Å². The zero-order valence-corrected chi connectivity index (χ0v) is 13.1. The highest BCUT2D eigenvalue weighted by Crippen LogP contribution is 2.31. The van der Waals surface area contributed by atoms with E-state index in [4.69, 9.17) is 4.74 Å². The van der Waals surface area contributed by atoms with E-state index >= 15 is 0 Å². The number of anilines is 1. The lowest BCUT2D eigenvalue weighted by molar-refractivity contribution is -0.384. The SMILES string of the molecule is O=C(OCC(=O)N1CCOC1=O)c1ccc(NC2CC2)c([N+](=O)[O-])c1. The molecule has 0 atom stereocenters. The Morgan fingerprint density at radius 2 is 2.16 bits per heavy atom. The maximum atomic E-state index is 12.0. The van der Waals surface area contributed by atoms with Gasteiger partial charge in [-0.1, -0.05) is 0 Å². The van der Waals surface area contributed by atoms with Gasteiger partial charge in [0, 0.05) is 12.1 Å². The standard InChI is InChI=1S/C15H15N3O7/c19-13(17-5-6-24-15(17)21)8-25-14(20)9-1-4-11(16-10-2-3-10)12(7-9)18(22)23/h1,4,7,10,16H,2-3,5-6,8H2. The summed E-state index contributed by atoms with van der Waals surface area (Å²) in [6.45, 7) is -0.452. The number of ether oxygens (including phenoxy) is 2. The summed E-state index contributed by atoms with van der Waals surface area (Å²) in [7, 11) is 0. The monoisotopic (exact) mass is 349 g/mol. The predicted octanol–water partition coefficient (Wildman–Crippen LogP) is 1.30. The van der Waals surface area contributed by atoms with E-state index in [9.17, 15) is 24.5 Å². The van der Waals surface area contributed by atoms with Crippen molar-refractivity contribution in [2.75, 3.05) is 25.1 Å². The number of imide groups is 1. The van der Waals surface area contributed by atoms with Crippen LogP contribution in [0.25, 0.3) is 0 Å². The molecule has 0 bridgehead atoms. The average molecular weight is 349 g/mol. The first kappa shape index (κ1) is 16.7. The Balaban J connectivity index is 1.65. The van der Waals surface area contributed by atoms with Crippen molar-refractivity contribution >= 4 is 29.3 Å². The van der Waals surface area contributed by atoms with Crippen LogP contribution in [0.4, 0.5) is 16.2 Å². The van der Waals surface area contributed by atoms with Crippen molar-refractivity contribution in [3.8, 4) is 0 Å². The molecule has 1 aromatic carbocycles. The summed E-state index contributed by atoms with van der Waals surface area (Å²) >= 11 is 0. The highest BCUT2D eigenvalue weighted by Gasteiger charge is 2.29. The minimum absolute atomic E-state index is 0.0511. The molecule has 2 aliphatic rings. The summed E-state index contributed by atoms with van der Waals surface area (Å²) in [5.74, 6) is -1.60. The Labute approximate surface area is 141 Å². The van der Waals surface area contributed by atoms with Crippen molar-refractivity contribution in [1.82, 2.24) is 4.90 Å². The normalized spacial score (nSPS) is 16.3. The van der Waals surface area contributed by atoms with E-state index < -0.39 is 29.5 Å². The largest absolute Gasteiger partial charge is 0.452 e. The van der Waals surface area contributed by atoms with E-state index in [1.54, 1.807) is 0 Å². The second-order valence-electron chi connectivity index (χ2n) is 5.64. The third-order valence-electron chi connectivity index (χ3n) is 3.76. The van der Waals surface area contributed by atoms with Crippen LogP contribution < -0.4 is 5.32 Å². The number of esters is 1. The molecule has 1 saturated heterocycles. The highest BCUT2D eigenvalue weighted by atomic mass is 16.6. The minimum Gasteiger partial charge on any atom is -0.452 e. The van der Waals surface area contributed by atoms with Crippen LogP contribution in [0.5, 0.6) is 0 Å². The number of rotatable bonds is 6. The second-order valence-corrected chi connectivity index (χ2v) is 5.64. The van der Waals surface area contributed by atoms with Crippen LogP contribution in [-0.2, 0) is 14.3 Å². The molecule has 132 valence electrons. The number of nitro groups is 1. The van der Waals surface area contributed by atoms with Crippen LogP contribution in [0.3, 0.4) is 0 Å². The number of hydrogen-bond acceptors (Lipinski definition) is 8. The molecular formula is C15H15N3O7. The molecule has 0 aromatic heterocycles. The van der Waals surface area contributed by atoms with Gasteiger partial charge in [0.2, 0.25) is 0 Å². The molecule has 3 rings (SSSR count).